The van der Waals surface area contributed by atoms with Crippen molar-refractivity contribution in [1.29, 1.82) is 0 Å². The van der Waals surface area contributed by atoms with E-state index in [0.717, 1.165) is 0 Å². The fourth-order valence-electron chi connectivity index (χ4n) is 1.03. The van der Waals surface area contributed by atoms with Crippen molar-refractivity contribution in [3.8, 4) is 0 Å². The minimum Gasteiger partial charge on any atom is -0.324 e. The van der Waals surface area contributed by atoms with Crippen LogP contribution < -0.4 is 5.73 Å². The predicted molar refractivity (Wildman–Crippen MR) is 52.2 cm³/mol. The first kappa shape index (κ1) is 10.5. The minimum absolute atomic E-state index is 0.0725. The Morgan fingerprint density at radius 1 is 1.29 bits per heavy atom. The number of pyridine rings is 1. The molecule has 4 nitrogen and oxygen atoms in total. The Balaban J connectivity index is 3.01. The molecule has 1 aromatic heterocycles. The number of ketones is 2. The molecule has 74 valence electrons. The molecule has 0 fully saturated rings. The van der Waals surface area contributed by atoms with Gasteiger partial charge in [0.15, 0.2) is 11.6 Å². The summed E-state index contributed by atoms with van der Waals surface area (Å²) in [5.74, 6) is -0.326. The van der Waals surface area contributed by atoms with E-state index in [1.807, 2.05) is 0 Å². The van der Waals surface area contributed by atoms with Gasteiger partial charge >= 0.3 is 0 Å². The highest BCUT2D eigenvalue weighted by Crippen LogP contribution is 2.02. The van der Waals surface area contributed by atoms with E-state index in [1.54, 1.807) is 25.1 Å². The number of nitrogens with two attached hydrogens (primary N) is 1. The van der Waals surface area contributed by atoms with Crippen molar-refractivity contribution in [3.05, 3.63) is 29.6 Å². The van der Waals surface area contributed by atoms with Crippen LogP contribution in [0.2, 0.25) is 0 Å². The van der Waals surface area contributed by atoms with Crippen molar-refractivity contribution < 1.29 is 9.59 Å². The lowest BCUT2D eigenvalue weighted by Gasteiger charge is -2.00. The smallest absolute Gasteiger partial charge is 0.194 e. The molecule has 14 heavy (non-hydrogen) atoms. The average Bonchev–Trinajstić information content (AvgIpc) is 2.27. The Morgan fingerprint density at radius 2 is 1.86 bits per heavy atom. The minimum atomic E-state index is -0.254. The Bertz CT molecular complexity index is 330. The molecule has 0 saturated heterocycles. The Morgan fingerprint density at radius 3 is 2.36 bits per heavy atom. The second kappa shape index (κ2) is 4.62. The summed E-state index contributed by atoms with van der Waals surface area (Å²) in [7, 11) is 0. The molecule has 0 atom stereocenters. The average molecular weight is 192 g/mol. The summed E-state index contributed by atoms with van der Waals surface area (Å²) < 4.78 is 0. The van der Waals surface area contributed by atoms with Crippen LogP contribution in [0.5, 0.6) is 0 Å². The monoisotopic (exact) mass is 192 g/mol. The van der Waals surface area contributed by atoms with Crippen LogP contribution in [0.4, 0.5) is 0 Å². The summed E-state index contributed by atoms with van der Waals surface area (Å²) in [6.07, 6.45) is 0.382. The van der Waals surface area contributed by atoms with Crippen molar-refractivity contribution in [2.75, 3.05) is 6.54 Å². The van der Waals surface area contributed by atoms with E-state index < -0.39 is 0 Å². The third-order valence-electron chi connectivity index (χ3n) is 1.83. The van der Waals surface area contributed by atoms with E-state index in [2.05, 4.69) is 4.98 Å². The van der Waals surface area contributed by atoms with Crippen LogP contribution in [-0.4, -0.2) is 23.1 Å². The second-order valence-electron chi connectivity index (χ2n) is 2.81. The molecule has 0 amide bonds. The third kappa shape index (κ3) is 2.23. The van der Waals surface area contributed by atoms with Crippen molar-refractivity contribution in [1.82, 2.24) is 4.98 Å². The van der Waals surface area contributed by atoms with Gasteiger partial charge in [-0.05, 0) is 12.1 Å². The zero-order valence-electron chi connectivity index (χ0n) is 7.99. The van der Waals surface area contributed by atoms with Gasteiger partial charge in [-0.3, -0.25) is 9.59 Å². The standard InChI is InChI=1S/C10H12N2O2/c1-2-9(13)7-4-3-5-8(12-7)10(14)6-11/h3-5H,2,6,11H2,1H3. The van der Waals surface area contributed by atoms with Crippen LogP contribution in [-0.2, 0) is 0 Å². The van der Waals surface area contributed by atoms with E-state index in [9.17, 15) is 9.59 Å². The third-order valence-corrected chi connectivity index (χ3v) is 1.83. The van der Waals surface area contributed by atoms with Crippen molar-refractivity contribution in [2.45, 2.75) is 13.3 Å². The highest BCUT2D eigenvalue weighted by molar-refractivity contribution is 5.98. The van der Waals surface area contributed by atoms with Crippen LogP contribution in [0.1, 0.15) is 34.3 Å². The maximum Gasteiger partial charge on any atom is 0.194 e. The molecule has 0 aromatic carbocycles. The lowest BCUT2D eigenvalue weighted by molar-refractivity contribution is 0.0982. The summed E-state index contributed by atoms with van der Waals surface area (Å²) in [5.41, 5.74) is 5.77. The highest BCUT2D eigenvalue weighted by Gasteiger charge is 2.09. The van der Waals surface area contributed by atoms with Gasteiger partial charge < -0.3 is 5.73 Å². The molecule has 4 heteroatoms. The summed E-state index contributed by atoms with van der Waals surface area (Å²) in [4.78, 5) is 26.4. The number of hydrogen-bond donors (Lipinski definition) is 1. The lowest BCUT2D eigenvalue weighted by Crippen LogP contribution is -2.16. The van der Waals surface area contributed by atoms with E-state index in [0.29, 0.717) is 12.1 Å². The number of hydrogen-bond acceptors (Lipinski definition) is 4. The van der Waals surface area contributed by atoms with Crippen LogP contribution in [0.15, 0.2) is 18.2 Å². The van der Waals surface area contributed by atoms with E-state index in [4.69, 9.17) is 5.73 Å². The fraction of sp³-hybridized carbons (Fsp3) is 0.300. The molecule has 0 saturated carbocycles. The fourth-order valence-corrected chi connectivity index (χ4v) is 1.03. The molecular weight excluding hydrogens is 180 g/mol. The van der Waals surface area contributed by atoms with Gasteiger partial charge in [-0.15, -0.1) is 0 Å². The van der Waals surface area contributed by atoms with Gasteiger partial charge in [0.05, 0.1) is 6.54 Å². The Kier molecular flexibility index (Phi) is 3.48. The first-order chi connectivity index (χ1) is 6.69. The van der Waals surface area contributed by atoms with E-state index >= 15 is 0 Å². The van der Waals surface area contributed by atoms with Crippen molar-refractivity contribution in [2.24, 2.45) is 5.73 Å². The number of rotatable bonds is 4. The molecule has 1 rings (SSSR count). The largest absolute Gasteiger partial charge is 0.324 e. The first-order valence-corrected chi connectivity index (χ1v) is 4.42. The molecular formula is C10H12N2O2. The maximum absolute atomic E-state index is 11.3. The van der Waals surface area contributed by atoms with E-state index in [-0.39, 0.29) is 23.8 Å². The number of aromatic nitrogens is 1. The number of Topliss-reactive ketones (excluding diaryl/α,β-unsaturated/α-hetero) is 2. The molecule has 1 aromatic rings. The molecule has 0 aliphatic heterocycles. The van der Waals surface area contributed by atoms with Crippen molar-refractivity contribution in [3.63, 3.8) is 0 Å². The zero-order chi connectivity index (χ0) is 10.6. The Labute approximate surface area is 82.1 Å². The van der Waals surface area contributed by atoms with Crippen LogP contribution in [0, 0.1) is 0 Å². The number of nitrogens with zero attached hydrogens (tertiary/aromatic N) is 1. The second-order valence-corrected chi connectivity index (χ2v) is 2.81. The number of carbonyl (C=O) groups is 2. The van der Waals surface area contributed by atoms with Crippen LogP contribution in [0.25, 0.3) is 0 Å². The van der Waals surface area contributed by atoms with Gasteiger partial charge in [0.2, 0.25) is 0 Å². The quantitative estimate of drug-likeness (QED) is 0.716. The van der Waals surface area contributed by atoms with Gasteiger partial charge in [-0.1, -0.05) is 13.0 Å². The molecule has 2 N–H and O–H groups in total. The summed E-state index contributed by atoms with van der Waals surface area (Å²) in [6, 6.07) is 4.79. The topological polar surface area (TPSA) is 73.0 Å². The Hall–Kier alpha value is -1.55. The molecule has 0 radical (unpaired) electrons. The molecule has 0 aliphatic rings. The normalized spacial score (nSPS) is 9.86. The predicted octanol–water partition coefficient (Wildman–Crippen LogP) is 0.816. The zero-order valence-corrected chi connectivity index (χ0v) is 7.99. The van der Waals surface area contributed by atoms with Gasteiger partial charge in [0.1, 0.15) is 11.4 Å². The van der Waals surface area contributed by atoms with Crippen molar-refractivity contribution >= 4 is 11.6 Å². The highest BCUT2D eigenvalue weighted by atomic mass is 16.1. The van der Waals surface area contributed by atoms with E-state index in [1.165, 1.54) is 0 Å². The number of carbonyl (C=O) groups excluding carboxylic acids is 2. The van der Waals surface area contributed by atoms with Gasteiger partial charge in [-0.25, -0.2) is 4.98 Å². The molecule has 1 heterocycles. The molecule has 0 unspecified atom stereocenters. The molecule has 0 aliphatic carbocycles. The first-order valence-electron chi connectivity index (χ1n) is 4.42. The lowest BCUT2D eigenvalue weighted by atomic mass is 10.2. The summed E-state index contributed by atoms with van der Waals surface area (Å²) >= 11 is 0. The maximum atomic E-state index is 11.3. The van der Waals surface area contributed by atoms with Crippen LogP contribution in [0.3, 0.4) is 0 Å². The SMILES string of the molecule is CCC(=O)c1cccc(C(=O)CN)n1. The van der Waals surface area contributed by atoms with Gasteiger partial charge in [0.25, 0.3) is 0 Å². The van der Waals surface area contributed by atoms with Gasteiger partial charge in [-0.2, -0.15) is 0 Å². The van der Waals surface area contributed by atoms with Crippen LogP contribution >= 0.6 is 0 Å². The summed E-state index contributed by atoms with van der Waals surface area (Å²) in [6.45, 7) is 1.66. The molecule has 0 spiro atoms. The summed E-state index contributed by atoms with van der Waals surface area (Å²) in [5, 5.41) is 0. The van der Waals surface area contributed by atoms with Gasteiger partial charge in [0, 0.05) is 6.42 Å². The molecule has 0 bridgehead atoms.